The predicted octanol–water partition coefficient (Wildman–Crippen LogP) is 2.08. The standard InChI is InChI=1S/C12H9F3N6/c1-20-6-9(10(19-20)12(13,14)15)11-18-17-7-21(11)8-3-2-4-16-5-8/h2-7H,1H3. The summed E-state index contributed by atoms with van der Waals surface area (Å²) in [5.74, 6) is 0.0587. The maximum atomic E-state index is 13.0. The van der Waals surface area contributed by atoms with Crippen LogP contribution in [0.5, 0.6) is 0 Å². The lowest BCUT2D eigenvalue weighted by atomic mass is 10.2. The minimum absolute atomic E-state index is 0.0587. The van der Waals surface area contributed by atoms with Gasteiger partial charge in [0.25, 0.3) is 0 Å². The largest absolute Gasteiger partial charge is 0.435 e. The fourth-order valence-electron chi connectivity index (χ4n) is 1.97. The number of aromatic nitrogens is 6. The van der Waals surface area contributed by atoms with Gasteiger partial charge in [-0.05, 0) is 12.1 Å². The minimum atomic E-state index is -4.57. The van der Waals surface area contributed by atoms with Crippen LogP contribution in [0.25, 0.3) is 17.1 Å². The summed E-state index contributed by atoms with van der Waals surface area (Å²) in [6.07, 6.45) is 1.11. The fraction of sp³-hybridized carbons (Fsp3) is 0.167. The molecule has 0 aliphatic carbocycles. The number of hydrogen-bond acceptors (Lipinski definition) is 4. The van der Waals surface area contributed by atoms with E-state index in [1.807, 2.05) is 0 Å². The molecule has 3 heterocycles. The average molecular weight is 294 g/mol. The van der Waals surface area contributed by atoms with Crippen molar-refractivity contribution in [1.82, 2.24) is 29.5 Å². The molecule has 3 aromatic rings. The zero-order valence-electron chi connectivity index (χ0n) is 10.8. The molecule has 6 nitrogen and oxygen atoms in total. The molecule has 0 fully saturated rings. The molecule has 0 unspecified atom stereocenters. The van der Waals surface area contributed by atoms with Crippen LogP contribution in [0.15, 0.2) is 37.1 Å². The first-order chi connectivity index (χ1) is 9.97. The highest BCUT2D eigenvalue weighted by Crippen LogP contribution is 2.35. The summed E-state index contributed by atoms with van der Waals surface area (Å²) >= 11 is 0. The highest BCUT2D eigenvalue weighted by molar-refractivity contribution is 5.60. The SMILES string of the molecule is Cn1cc(-c2nncn2-c2cccnc2)c(C(F)(F)F)n1. The molecule has 0 aliphatic heterocycles. The second-order valence-corrected chi connectivity index (χ2v) is 4.30. The lowest BCUT2D eigenvalue weighted by Gasteiger charge is -2.07. The molecule has 0 atom stereocenters. The molecule has 0 N–H and O–H groups in total. The van der Waals surface area contributed by atoms with Gasteiger partial charge in [0.1, 0.15) is 6.33 Å². The smallest absolute Gasteiger partial charge is 0.280 e. The Kier molecular flexibility index (Phi) is 2.96. The summed E-state index contributed by atoms with van der Waals surface area (Å²) in [4.78, 5) is 3.93. The number of hydrogen-bond donors (Lipinski definition) is 0. The van der Waals surface area contributed by atoms with Crippen molar-refractivity contribution in [3.63, 3.8) is 0 Å². The van der Waals surface area contributed by atoms with E-state index >= 15 is 0 Å². The Morgan fingerprint density at radius 2 is 2.05 bits per heavy atom. The minimum Gasteiger partial charge on any atom is -0.280 e. The fourth-order valence-corrected chi connectivity index (χ4v) is 1.97. The van der Waals surface area contributed by atoms with Crippen LogP contribution >= 0.6 is 0 Å². The molecule has 0 aromatic carbocycles. The zero-order chi connectivity index (χ0) is 15.0. The van der Waals surface area contributed by atoms with E-state index in [0.29, 0.717) is 5.69 Å². The normalized spacial score (nSPS) is 11.8. The molecule has 21 heavy (non-hydrogen) atoms. The molecule has 3 rings (SSSR count). The zero-order valence-corrected chi connectivity index (χ0v) is 10.8. The van der Waals surface area contributed by atoms with Crippen LogP contribution in [0, 0.1) is 0 Å². The summed E-state index contributed by atoms with van der Waals surface area (Å²) in [7, 11) is 1.42. The van der Waals surface area contributed by atoms with Crippen molar-refractivity contribution >= 4 is 0 Å². The third-order valence-electron chi connectivity index (χ3n) is 2.81. The first kappa shape index (κ1) is 13.3. The van der Waals surface area contributed by atoms with Gasteiger partial charge in [-0.3, -0.25) is 14.2 Å². The number of alkyl halides is 3. The van der Waals surface area contributed by atoms with Crippen molar-refractivity contribution in [2.75, 3.05) is 0 Å². The Bertz CT molecular complexity index is 759. The summed E-state index contributed by atoms with van der Waals surface area (Å²) in [6.45, 7) is 0. The summed E-state index contributed by atoms with van der Waals surface area (Å²) < 4.78 is 41.7. The second-order valence-electron chi connectivity index (χ2n) is 4.30. The van der Waals surface area contributed by atoms with E-state index in [2.05, 4.69) is 20.3 Å². The number of pyridine rings is 1. The van der Waals surface area contributed by atoms with Crippen molar-refractivity contribution in [1.29, 1.82) is 0 Å². The summed E-state index contributed by atoms with van der Waals surface area (Å²) in [6, 6.07) is 3.37. The maximum absolute atomic E-state index is 13.0. The lowest BCUT2D eigenvalue weighted by molar-refractivity contribution is -0.141. The van der Waals surface area contributed by atoms with Crippen molar-refractivity contribution in [2.45, 2.75) is 6.18 Å². The first-order valence-corrected chi connectivity index (χ1v) is 5.88. The van der Waals surface area contributed by atoms with Crippen molar-refractivity contribution in [3.8, 4) is 17.1 Å². The maximum Gasteiger partial charge on any atom is 0.435 e. The van der Waals surface area contributed by atoms with Crippen LogP contribution in [-0.4, -0.2) is 29.5 Å². The second kappa shape index (κ2) is 4.69. The van der Waals surface area contributed by atoms with Gasteiger partial charge in [-0.15, -0.1) is 10.2 Å². The van der Waals surface area contributed by atoms with Crippen LogP contribution in [0.1, 0.15) is 5.69 Å². The van der Waals surface area contributed by atoms with Gasteiger partial charge in [0.05, 0.1) is 17.4 Å². The molecule has 9 heteroatoms. The van der Waals surface area contributed by atoms with Crippen molar-refractivity contribution in [2.24, 2.45) is 7.05 Å². The van der Waals surface area contributed by atoms with Gasteiger partial charge in [-0.1, -0.05) is 0 Å². The van der Waals surface area contributed by atoms with Crippen molar-refractivity contribution in [3.05, 3.63) is 42.7 Å². The van der Waals surface area contributed by atoms with E-state index in [1.54, 1.807) is 18.3 Å². The quantitative estimate of drug-likeness (QED) is 0.726. The van der Waals surface area contributed by atoms with E-state index in [9.17, 15) is 13.2 Å². The van der Waals surface area contributed by atoms with Gasteiger partial charge < -0.3 is 0 Å². The van der Waals surface area contributed by atoms with Crippen molar-refractivity contribution < 1.29 is 13.2 Å². The molecular formula is C12H9F3N6. The first-order valence-electron chi connectivity index (χ1n) is 5.88. The Balaban J connectivity index is 2.18. The monoisotopic (exact) mass is 294 g/mol. The molecule has 108 valence electrons. The van der Waals surface area contributed by atoms with Gasteiger partial charge in [0, 0.05) is 19.4 Å². The molecule has 0 amide bonds. The Morgan fingerprint density at radius 3 is 2.71 bits per heavy atom. The van der Waals surface area contributed by atoms with Crippen LogP contribution < -0.4 is 0 Å². The van der Waals surface area contributed by atoms with Gasteiger partial charge in [0.15, 0.2) is 11.5 Å². The number of rotatable bonds is 2. The predicted molar refractivity (Wildman–Crippen MR) is 66.4 cm³/mol. The summed E-state index contributed by atoms with van der Waals surface area (Å²) in [5.41, 5.74) is -0.566. The third-order valence-corrected chi connectivity index (χ3v) is 2.81. The summed E-state index contributed by atoms with van der Waals surface area (Å²) in [5, 5.41) is 10.9. The molecule has 0 radical (unpaired) electrons. The molecule has 3 aromatic heterocycles. The van der Waals surface area contributed by atoms with E-state index < -0.39 is 11.9 Å². The highest BCUT2D eigenvalue weighted by Gasteiger charge is 2.38. The lowest BCUT2D eigenvalue weighted by Crippen LogP contribution is -2.09. The topological polar surface area (TPSA) is 61.4 Å². The number of aryl methyl sites for hydroxylation is 1. The van der Waals surface area contributed by atoms with E-state index in [0.717, 1.165) is 4.68 Å². The Labute approximate surface area is 116 Å². The Morgan fingerprint density at radius 1 is 1.24 bits per heavy atom. The van der Waals surface area contributed by atoms with E-state index in [-0.39, 0.29) is 11.4 Å². The van der Waals surface area contributed by atoms with E-state index in [4.69, 9.17) is 0 Å². The van der Waals surface area contributed by atoms with Gasteiger partial charge in [-0.2, -0.15) is 18.3 Å². The molecule has 0 bridgehead atoms. The third kappa shape index (κ3) is 2.37. The number of nitrogens with zero attached hydrogens (tertiary/aromatic N) is 6. The van der Waals surface area contributed by atoms with Gasteiger partial charge >= 0.3 is 6.18 Å². The molecular weight excluding hydrogens is 285 g/mol. The number of halogens is 3. The molecule has 0 spiro atoms. The van der Waals surface area contributed by atoms with E-state index in [1.165, 1.54) is 30.3 Å². The van der Waals surface area contributed by atoms with Crippen LogP contribution in [-0.2, 0) is 13.2 Å². The molecule has 0 saturated carbocycles. The average Bonchev–Trinajstić information content (AvgIpc) is 3.04. The van der Waals surface area contributed by atoms with Gasteiger partial charge in [0.2, 0.25) is 0 Å². The van der Waals surface area contributed by atoms with Crippen LogP contribution in [0.4, 0.5) is 13.2 Å². The molecule has 0 saturated heterocycles. The Hall–Kier alpha value is -2.71. The van der Waals surface area contributed by atoms with Crippen LogP contribution in [0.3, 0.4) is 0 Å². The highest BCUT2D eigenvalue weighted by atomic mass is 19.4. The molecule has 0 aliphatic rings. The van der Waals surface area contributed by atoms with Crippen LogP contribution in [0.2, 0.25) is 0 Å². The van der Waals surface area contributed by atoms with Gasteiger partial charge in [-0.25, -0.2) is 0 Å².